The van der Waals surface area contributed by atoms with Gasteiger partial charge in [-0.3, -0.25) is 4.79 Å². The number of nitrogen functional groups attached to an aromatic ring is 1. The lowest BCUT2D eigenvalue weighted by atomic mass is 10.1. The van der Waals surface area contributed by atoms with E-state index in [1.54, 1.807) is 24.3 Å². The molecule has 0 heterocycles. The lowest BCUT2D eigenvalue weighted by Gasteiger charge is -2.11. The summed E-state index contributed by atoms with van der Waals surface area (Å²) in [5.41, 5.74) is 9.05. The molecular formula is C18H23ClN2O2. The number of nitrogens with two attached hydrogens (primary N) is 1. The summed E-state index contributed by atoms with van der Waals surface area (Å²) in [6.07, 6.45) is 0.996. The summed E-state index contributed by atoms with van der Waals surface area (Å²) in [5, 5.41) is 2.93. The van der Waals surface area contributed by atoms with Crippen molar-refractivity contribution < 1.29 is 9.53 Å². The number of hydrogen-bond acceptors (Lipinski definition) is 3. The highest BCUT2D eigenvalue weighted by Crippen LogP contribution is 2.11. The fraction of sp³-hybridized carbons (Fsp3) is 0.278. The average Bonchev–Trinajstić information content (AvgIpc) is 2.54. The molecule has 2 rings (SSSR count). The van der Waals surface area contributed by atoms with Gasteiger partial charge in [-0.05, 0) is 41.8 Å². The second-order valence-corrected chi connectivity index (χ2v) is 5.13. The van der Waals surface area contributed by atoms with Gasteiger partial charge in [0.1, 0.15) is 0 Å². The standard InChI is InChI=1S/C18H22N2O2.ClH/c1-2-11-22-13-16-6-4-3-5-15(16)12-20-18(21)14-7-9-17(19)10-8-14;/h3-10H,2,11-13,19H2,1H3,(H,20,21);1H. The van der Waals surface area contributed by atoms with Crippen molar-refractivity contribution in [3.63, 3.8) is 0 Å². The molecule has 0 unspecified atom stereocenters. The summed E-state index contributed by atoms with van der Waals surface area (Å²) < 4.78 is 5.59. The zero-order valence-corrected chi connectivity index (χ0v) is 14.1. The van der Waals surface area contributed by atoms with Crippen molar-refractivity contribution in [2.24, 2.45) is 0 Å². The van der Waals surface area contributed by atoms with Crippen LogP contribution in [0.3, 0.4) is 0 Å². The van der Waals surface area contributed by atoms with Crippen molar-refractivity contribution in [1.82, 2.24) is 5.32 Å². The van der Waals surface area contributed by atoms with Gasteiger partial charge in [0.2, 0.25) is 0 Å². The van der Waals surface area contributed by atoms with Crippen LogP contribution in [0.5, 0.6) is 0 Å². The Balaban J connectivity index is 0.00000264. The van der Waals surface area contributed by atoms with Crippen LogP contribution in [0.1, 0.15) is 34.8 Å². The first-order chi connectivity index (χ1) is 10.7. The third kappa shape index (κ3) is 5.93. The fourth-order valence-electron chi connectivity index (χ4n) is 2.11. The summed E-state index contributed by atoms with van der Waals surface area (Å²) >= 11 is 0. The van der Waals surface area contributed by atoms with Gasteiger partial charge in [-0.2, -0.15) is 0 Å². The molecular weight excluding hydrogens is 312 g/mol. The van der Waals surface area contributed by atoms with E-state index < -0.39 is 0 Å². The first-order valence-electron chi connectivity index (χ1n) is 7.49. The maximum Gasteiger partial charge on any atom is 0.251 e. The normalized spacial score (nSPS) is 9.96. The van der Waals surface area contributed by atoms with Crippen LogP contribution >= 0.6 is 12.4 Å². The van der Waals surface area contributed by atoms with E-state index in [4.69, 9.17) is 10.5 Å². The third-order valence-electron chi connectivity index (χ3n) is 3.34. The van der Waals surface area contributed by atoms with Gasteiger partial charge in [0, 0.05) is 24.4 Å². The van der Waals surface area contributed by atoms with Gasteiger partial charge in [0.25, 0.3) is 5.91 Å². The molecule has 4 nitrogen and oxygen atoms in total. The van der Waals surface area contributed by atoms with Crippen molar-refractivity contribution in [2.45, 2.75) is 26.5 Å². The number of ether oxygens (including phenoxy) is 1. The number of carbonyl (C=O) groups excluding carboxylic acids is 1. The summed E-state index contributed by atoms with van der Waals surface area (Å²) in [6, 6.07) is 14.9. The smallest absolute Gasteiger partial charge is 0.251 e. The number of rotatable bonds is 7. The first-order valence-corrected chi connectivity index (χ1v) is 7.49. The Kier molecular flexibility index (Phi) is 8.16. The highest BCUT2D eigenvalue weighted by Gasteiger charge is 2.07. The van der Waals surface area contributed by atoms with Crippen molar-refractivity contribution in [1.29, 1.82) is 0 Å². The Hall–Kier alpha value is -2.04. The monoisotopic (exact) mass is 334 g/mol. The first kappa shape index (κ1) is 19.0. The zero-order valence-electron chi connectivity index (χ0n) is 13.2. The number of hydrogen-bond donors (Lipinski definition) is 2. The maximum atomic E-state index is 12.1. The van der Waals surface area contributed by atoms with Crippen LogP contribution in [0.25, 0.3) is 0 Å². The summed E-state index contributed by atoms with van der Waals surface area (Å²) in [4.78, 5) is 12.1. The van der Waals surface area contributed by atoms with Gasteiger partial charge in [-0.1, -0.05) is 31.2 Å². The number of anilines is 1. The second kappa shape index (κ2) is 9.87. The van der Waals surface area contributed by atoms with Crippen LogP contribution in [0.15, 0.2) is 48.5 Å². The molecule has 2 aromatic rings. The molecule has 0 aliphatic carbocycles. The Bertz CT molecular complexity index is 615. The van der Waals surface area contributed by atoms with Crippen LogP contribution in [0.4, 0.5) is 5.69 Å². The van der Waals surface area contributed by atoms with E-state index in [2.05, 4.69) is 12.2 Å². The molecule has 124 valence electrons. The molecule has 1 amide bonds. The topological polar surface area (TPSA) is 64.3 Å². The van der Waals surface area contributed by atoms with E-state index in [1.807, 2.05) is 24.3 Å². The second-order valence-electron chi connectivity index (χ2n) is 5.13. The lowest BCUT2D eigenvalue weighted by Crippen LogP contribution is -2.23. The Morgan fingerprint density at radius 1 is 1.09 bits per heavy atom. The third-order valence-corrected chi connectivity index (χ3v) is 3.34. The summed E-state index contributed by atoms with van der Waals surface area (Å²) in [6.45, 7) is 3.88. The van der Waals surface area contributed by atoms with Crippen LogP contribution in [-0.4, -0.2) is 12.5 Å². The molecule has 23 heavy (non-hydrogen) atoms. The van der Waals surface area contributed by atoms with Crippen molar-refractivity contribution in [3.8, 4) is 0 Å². The van der Waals surface area contributed by atoms with Gasteiger partial charge >= 0.3 is 0 Å². The summed E-state index contributed by atoms with van der Waals surface area (Å²) in [7, 11) is 0. The minimum Gasteiger partial charge on any atom is -0.399 e. The van der Waals surface area contributed by atoms with E-state index >= 15 is 0 Å². The van der Waals surface area contributed by atoms with Crippen LogP contribution in [-0.2, 0) is 17.9 Å². The quantitative estimate of drug-likeness (QED) is 0.601. The van der Waals surface area contributed by atoms with Gasteiger partial charge < -0.3 is 15.8 Å². The van der Waals surface area contributed by atoms with Gasteiger partial charge in [0.15, 0.2) is 0 Å². The van der Waals surface area contributed by atoms with Crippen molar-refractivity contribution in [3.05, 3.63) is 65.2 Å². The van der Waals surface area contributed by atoms with Gasteiger partial charge in [0.05, 0.1) is 6.61 Å². The molecule has 0 radical (unpaired) electrons. The Morgan fingerprint density at radius 2 is 1.74 bits per heavy atom. The predicted molar refractivity (Wildman–Crippen MR) is 95.7 cm³/mol. The highest BCUT2D eigenvalue weighted by atomic mass is 35.5. The van der Waals surface area contributed by atoms with Gasteiger partial charge in [-0.15, -0.1) is 12.4 Å². The molecule has 0 aromatic heterocycles. The molecule has 0 atom stereocenters. The zero-order chi connectivity index (χ0) is 15.8. The fourth-order valence-corrected chi connectivity index (χ4v) is 2.11. The molecule has 0 bridgehead atoms. The van der Waals surface area contributed by atoms with E-state index in [0.29, 0.717) is 24.4 Å². The molecule has 0 fully saturated rings. The molecule has 0 spiro atoms. The molecule has 0 aliphatic heterocycles. The Morgan fingerprint density at radius 3 is 2.39 bits per heavy atom. The number of nitrogens with one attached hydrogen (secondary N) is 1. The molecule has 3 N–H and O–H groups in total. The number of carbonyl (C=O) groups is 1. The average molecular weight is 335 g/mol. The Labute approximate surface area is 143 Å². The van der Waals surface area contributed by atoms with E-state index in [0.717, 1.165) is 24.2 Å². The minimum atomic E-state index is -0.107. The van der Waals surface area contributed by atoms with Crippen LogP contribution in [0, 0.1) is 0 Å². The number of amides is 1. The molecule has 0 aliphatic rings. The van der Waals surface area contributed by atoms with E-state index in [1.165, 1.54) is 0 Å². The predicted octanol–water partition coefficient (Wildman–Crippen LogP) is 3.55. The van der Waals surface area contributed by atoms with Crippen LogP contribution < -0.4 is 11.1 Å². The molecule has 0 saturated carbocycles. The molecule has 5 heteroatoms. The molecule has 2 aromatic carbocycles. The SMILES string of the molecule is CCCOCc1ccccc1CNC(=O)c1ccc(N)cc1.Cl. The van der Waals surface area contributed by atoms with Crippen LogP contribution in [0.2, 0.25) is 0 Å². The highest BCUT2D eigenvalue weighted by molar-refractivity contribution is 5.94. The van der Waals surface area contributed by atoms with E-state index in [-0.39, 0.29) is 18.3 Å². The van der Waals surface area contributed by atoms with Crippen molar-refractivity contribution in [2.75, 3.05) is 12.3 Å². The number of benzene rings is 2. The number of halogens is 1. The minimum absolute atomic E-state index is 0. The molecule has 0 saturated heterocycles. The van der Waals surface area contributed by atoms with Crippen molar-refractivity contribution >= 4 is 24.0 Å². The maximum absolute atomic E-state index is 12.1. The van der Waals surface area contributed by atoms with Gasteiger partial charge in [-0.25, -0.2) is 0 Å². The van der Waals surface area contributed by atoms with E-state index in [9.17, 15) is 4.79 Å². The summed E-state index contributed by atoms with van der Waals surface area (Å²) in [5.74, 6) is -0.107. The largest absolute Gasteiger partial charge is 0.399 e. The lowest BCUT2D eigenvalue weighted by molar-refractivity contribution is 0.0949.